The van der Waals surface area contributed by atoms with E-state index in [9.17, 15) is 19.5 Å². The van der Waals surface area contributed by atoms with Crippen LogP contribution in [-0.2, 0) is 19.2 Å². The van der Waals surface area contributed by atoms with Gasteiger partial charge in [0.2, 0.25) is 5.70 Å². The molecule has 0 spiro atoms. The molecule has 7 atom stereocenters. The van der Waals surface area contributed by atoms with Crippen LogP contribution in [0, 0.1) is 56.8 Å². The van der Waals surface area contributed by atoms with E-state index in [0.717, 1.165) is 31.3 Å². The number of nitrogens with zero attached hydrogens (tertiary/aromatic N) is 1. The van der Waals surface area contributed by atoms with Crippen molar-refractivity contribution in [3.05, 3.63) is 34.8 Å². The van der Waals surface area contributed by atoms with Gasteiger partial charge in [0.05, 0.1) is 12.0 Å². The van der Waals surface area contributed by atoms with E-state index in [1.54, 1.807) is 0 Å². The summed E-state index contributed by atoms with van der Waals surface area (Å²) >= 11 is 0. The highest BCUT2D eigenvalue weighted by atomic mass is 16.4. The molecule has 5 rings (SSSR count). The first-order chi connectivity index (χ1) is 18.2. The summed E-state index contributed by atoms with van der Waals surface area (Å²) in [6.07, 6.45) is 9.03. The van der Waals surface area contributed by atoms with Crippen molar-refractivity contribution in [2.24, 2.45) is 50.2 Å². The largest absolute Gasteiger partial charge is 0.481 e. The predicted molar refractivity (Wildman–Crippen MR) is 145 cm³/mol. The summed E-state index contributed by atoms with van der Waals surface area (Å²) < 4.78 is 11.2. The van der Waals surface area contributed by atoms with Crippen LogP contribution >= 0.6 is 0 Å². The van der Waals surface area contributed by atoms with E-state index >= 15 is 0 Å². The maximum atomic E-state index is 14.2. The average Bonchev–Trinajstić information content (AvgIpc) is 2.82. The van der Waals surface area contributed by atoms with E-state index in [-0.39, 0.29) is 51.3 Å². The van der Waals surface area contributed by atoms with Crippen molar-refractivity contribution in [3.8, 4) is 0 Å². The predicted octanol–water partition coefficient (Wildman–Crippen LogP) is 6.46. The first-order valence-corrected chi connectivity index (χ1v) is 13.9. The molecule has 5 aliphatic rings. The highest BCUT2D eigenvalue weighted by Gasteiger charge is 2.70. The number of carbonyl (C=O) groups excluding carboxylic acids is 3. The number of fused-ring (bicyclic) bond motifs is 7. The number of rotatable bonds is 1. The maximum absolute atomic E-state index is 14.2. The number of aliphatic carboxylic acids is 1. The molecule has 6 heteroatoms. The van der Waals surface area contributed by atoms with Crippen molar-refractivity contribution in [3.63, 3.8) is 0 Å². The van der Waals surface area contributed by atoms with Crippen LogP contribution in [0.5, 0.6) is 0 Å². The Bertz CT molecular complexity index is 1290. The first kappa shape index (κ1) is 25.7. The van der Waals surface area contributed by atoms with Gasteiger partial charge in [-0.2, -0.15) is 0 Å². The Morgan fingerprint density at radius 3 is 2.26 bits per heavy atom. The summed E-state index contributed by atoms with van der Waals surface area (Å²) in [6, 6.07) is 0. The molecule has 0 saturated heterocycles. The molecular weight excluding hydrogens is 478 g/mol. The van der Waals surface area contributed by atoms with E-state index in [1.165, 1.54) is 0 Å². The third-order valence-electron chi connectivity index (χ3n) is 12.3. The molecule has 1 N–H and O–H groups in total. The van der Waals surface area contributed by atoms with Crippen molar-refractivity contribution in [1.82, 2.24) is 0 Å². The zero-order chi connectivity index (χ0) is 30.3. The van der Waals surface area contributed by atoms with Crippen molar-refractivity contribution in [1.29, 1.82) is 0 Å². The summed E-state index contributed by atoms with van der Waals surface area (Å²) in [5.74, 6) is -1.24. The molecule has 0 aliphatic heterocycles. The topological polar surface area (TPSA) is 92.9 Å². The Balaban J connectivity index is 0.000000867. The number of carbonyl (C=O) groups is 4. The zero-order valence-electron chi connectivity index (χ0n) is 25.9. The third kappa shape index (κ3) is 3.36. The van der Waals surface area contributed by atoms with Crippen LogP contribution in [0.2, 0.25) is 0 Å². The fourth-order valence-electron chi connectivity index (χ4n) is 9.97. The monoisotopic (exact) mass is 523 g/mol. The molecule has 3 saturated carbocycles. The van der Waals surface area contributed by atoms with E-state index in [0.29, 0.717) is 19.3 Å². The van der Waals surface area contributed by atoms with Gasteiger partial charge >= 0.3 is 5.97 Å². The second-order valence-corrected chi connectivity index (χ2v) is 14.7. The van der Waals surface area contributed by atoms with Gasteiger partial charge < -0.3 is 14.7 Å². The Morgan fingerprint density at radius 1 is 1.08 bits per heavy atom. The molecule has 0 heterocycles. The highest BCUT2D eigenvalue weighted by Crippen LogP contribution is 2.74. The van der Waals surface area contributed by atoms with Gasteiger partial charge in [-0.1, -0.05) is 60.1 Å². The van der Waals surface area contributed by atoms with Crippen molar-refractivity contribution < 1.29 is 27.0 Å². The number of carboxylic acids is 1. The second kappa shape index (κ2) is 8.47. The highest BCUT2D eigenvalue weighted by molar-refractivity contribution is 6.03. The SMILES string of the molecule is [2H]C([2H])=O.[C-]#[N+]C1=C[C@]2(C)C3=CC(=O)C4C5CC(C)(C)CC[C@]5(C(=O)O)CC[C@@]4(C)[C@]3(C)CC[C@H]2C(C)(C)C1=O. The molecule has 38 heavy (non-hydrogen) atoms. The van der Waals surface area contributed by atoms with Crippen LogP contribution in [0.1, 0.15) is 96.2 Å². The summed E-state index contributed by atoms with van der Waals surface area (Å²) in [4.78, 5) is 52.6. The van der Waals surface area contributed by atoms with E-state index < -0.39 is 29.0 Å². The number of hydrogen-bond acceptors (Lipinski definition) is 4. The lowest BCUT2D eigenvalue weighted by molar-refractivity contribution is -0.188. The first-order valence-electron chi connectivity index (χ1n) is 14.9. The van der Waals surface area contributed by atoms with Gasteiger partial charge in [-0.15, -0.1) is 0 Å². The van der Waals surface area contributed by atoms with Gasteiger partial charge in [-0.25, -0.2) is 4.85 Å². The standard InChI is InChI=1S/C31H41NO4.CH2O/c1-26(2)11-13-31(25(35)36)14-12-30(7)23(18(31)16-26)20(33)15-22-28(5)17-19(32-8)24(34)27(3,4)21(28)9-10-29(22,30)6;1-2/h15,17-18,21,23H,9-14,16H2,1-7H3,(H,35,36);1H2/t18?,21-,23?,28-,29+,30+,31-;/m0./s1/i;1D2. The number of Topliss-reactive ketones (excluding diaryl/α,β-unsaturated/α-hetero) is 1. The van der Waals surface area contributed by atoms with Gasteiger partial charge in [0.1, 0.15) is 9.48 Å². The fraction of sp³-hybridized carbons (Fsp3) is 0.719. The zero-order valence-corrected chi connectivity index (χ0v) is 23.9. The van der Waals surface area contributed by atoms with Crippen LogP contribution in [0.15, 0.2) is 23.4 Å². The molecular formula is C32H43NO5. The Morgan fingerprint density at radius 2 is 1.68 bits per heavy atom. The molecule has 206 valence electrons. The number of hydrogen-bond donors (Lipinski definition) is 1. The fourth-order valence-corrected chi connectivity index (χ4v) is 9.97. The van der Waals surface area contributed by atoms with Gasteiger partial charge in [0, 0.05) is 16.7 Å². The second-order valence-electron chi connectivity index (χ2n) is 14.7. The molecule has 0 aromatic carbocycles. The Labute approximate surface area is 230 Å². The molecule has 0 aromatic heterocycles. The van der Waals surface area contributed by atoms with Gasteiger partial charge in [0.25, 0.3) is 0 Å². The Hall–Kier alpha value is -2.55. The van der Waals surface area contributed by atoms with Crippen LogP contribution in [0.25, 0.3) is 4.85 Å². The number of carboxylic acid groups (broad SMARTS) is 1. The molecule has 0 radical (unpaired) electrons. The lowest BCUT2D eigenvalue weighted by atomic mass is 9.34. The van der Waals surface area contributed by atoms with Crippen LogP contribution in [0.3, 0.4) is 0 Å². The number of allylic oxidation sites excluding steroid dienone is 4. The van der Waals surface area contributed by atoms with Crippen LogP contribution in [0.4, 0.5) is 0 Å². The molecule has 2 unspecified atom stereocenters. The molecule has 5 aliphatic carbocycles. The van der Waals surface area contributed by atoms with Crippen molar-refractivity contribution >= 4 is 24.3 Å². The maximum Gasteiger partial charge on any atom is 0.309 e. The molecule has 3 fully saturated rings. The summed E-state index contributed by atoms with van der Waals surface area (Å²) in [5, 5.41) is 10.5. The minimum Gasteiger partial charge on any atom is -0.481 e. The lowest BCUT2D eigenvalue weighted by Gasteiger charge is -2.68. The number of ketones is 2. The molecule has 0 bridgehead atoms. The minimum atomic E-state index is -1.33. The quantitative estimate of drug-likeness (QED) is 0.398. The summed E-state index contributed by atoms with van der Waals surface area (Å²) in [6.45, 7) is 21.4. The molecule has 0 aromatic rings. The summed E-state index contributed by atoms with van der Waals surface area (Å²) in [5.41, 5.74) is -1.46. The average molecular weight is 524 g/mol. The van der Waals surface area contributed by atoms with E-state index in [1.807, 2.05) is 26.0 Å². The molecule has 6 nitrogen and oxygen atoms in total. The van der Waals surface area contributed by atoms with Crippen molar-refractivity contribution in [2.45, 2.75) is 93.4 Å². The summed E-state index contributed by atoms with van der Waals surface area (Å²) in [7, 11) is 0. The lowest BCUT2D eigenvalue weighted by Crippen LogP contribution is -2.65. The van der Waals surface area contributed by atoms with Crippen molar-refractivity contribution in [2.75, 3.05) is 0 Å². The normalized spacial score (nSPS) is 44.9. The third-order valence-corrected chi connectivity index (χ3v) is 12.3. The van der Waals surface area contributed by atoms with Crippen LogP contribution < -0.4 is 0 Å². The van der Waals surface area contributed by atoms with Gasteiger partial charge in [-0.3, -0.25) is 9.59 Å². The van der Waals surface area contributed by atoms with Gasteiger partial charge in [0.15, 0.2) is 11.6 Å². The van der Waals surface area contributed by atoms with E-state index in [2.05, 4.69) is 39.5 Å². The van der Waals surface area contributed by atoms with E-state index in [4.69, 9.17) is 14.1 Å². The minimum absolute atomic E-state index is 0.0116. The molecule has 0 amide bonds. The smallest absolute Gasteiger partial charge is 0.309 e. The van der Waals surface area contributed by atoms with Crippen LogP contribution in [-0.4, -0.2) is 29.4 Å². The van der Waals surface area contributed by atoms with Gasteiger partial charge in [-0.05, 0) is 79.1 Å². The Kier molecular flexibility index (Phi) is 5.73.